The summed E-state index contributed by atoms with van der Waals surface area (Å²) in [5.74, 6) is 0.732. The van der Waals surface area contributed by atoms with Crippen molar-refractivity contribution in [3.8, 4) is 0 Å². The van der Waals surface area contributed by atoms with Crippen molar-refractivity contribution >= 4 is 5.91 Å². The minimum Gasteiger partial charge on any atom is -0.455 e. The van der Waals surface area contributed by atoms with Crippen LogP contribution in [0.3, 0.4) is 0 Å². The molecule has 2 atom stereocenters. The maximum Gasteiger partial charge on any atom is 0.287 e. The van der Waals surface area contributed by atoms with Gasteiger partial charge in [-0.15, -0.1) is 0 Å². The Bertz CT molecular complexity index is 389. The van der Waals surface area contributed by atoms with E-state index in [-0.39, 0.29) is 18.1 Å². The van der Waals surface area contributed by atoms with E-state index in [9.17, 15) is 4.79 Å². The van der Waals surface area contributed by atoms with E-state index in [0.29, 0.717) is 18.1 Å². The van der Waals surface area contributed by atoms with Crippen molar-refractivity contribution in [1.82, 2.24) is 5.32 Å². The predicted molar refractivity (Wildman–Crippen MR) is 62.5 cm³/mol. The SMILES string of the molecule is COC1CCCC1NC(=O)c1ccc(CN)o1. The zero-order chi connectivity index (χ0) is 12.3. The second-order valence-electron chi connectivity index (χ2n) is 4.26. The molecule has 1 aromatic heterocycles. The van der Waals surface area contributed by atoms with Crippen molar-refractivity contribution in [3.05, 3.63) is 23.7 Å². The van der Waals surface area contributed by atoms with Crippen LogP contribution in [0.4, 0.5) is 0 Å². The Morgan fingerprint density at radius 2 is 2.41 bits per heavy atom. The normalized spacial score (nSPS) is 23.9. The molecule has 3 N–H and O–H groups in total. The molecule has 1 aromatic rings. The predicted octanol–water partition coefficient (Wildman–Crippen LogP) is 1.04. The van der Waals surface area contributed by atoms with Crippen LogP contribution < -0.4 is 11.1 Å². The van der Waals surface area contributed by atoms with Gasteiger partial charge in [0.05, 0.1) is 18.7 Å². The lowest BCUT2D eigenvalue weighted by molar-refractivity contribution is 0.0705. The number of hydrogen-bond donors (Lipinski definition) is 2. The molecule has 94 valence electrons. The van der Waals surface area contributed by atoms with Crippen molar-refractivity contribution in [2.75, 3.05) is 7.11 Å². The van der Waals surface area contributed by atoms with Crippen LogP contribution in [0.25, 0.3) is 0 Å². The van der Waals surface area contributed by atoms with E-state index in [4.69, 9.17) is 14.9 Å². The smallest absolute Gasteiger partial charge is 0.287 e. The topological polar surface area (TPSA) is 77.5 Å². The van der Waals surface area contributed by atoms with Crippen LogP contribution >= 0.6 is 0 Å². The molecule has 1 aliphatic carbocycles. The molecule has 0 spiro atoms. The standard InChI is InChI=1S/C12H18N2O3/c1-16-10-4-2-3-9(10)14-12(15)11-6-5-8(7-13)17-11/h5-6,9-10H,2-4,7,13H2,1H3,(H,14,15). The number of furan rings is 1. The summed E-state index contributed by atoms with van der Waals surface area (Å²) in [7, 11) is 1.68. The Morgan fingerprint density at radius 3 is 3.06 bits per heavy atom. The number of carbonyl (C=O) groups excluding carboxylic acids is 1. The van der Waals surface area contributed by atoms with Gasteiger partial charge >= 0.3 is 0 Å². The summed E-state index contributed by atoms with van der Waals surface area (Å²) in [4.78, 5) is 11.9. The van der Waals surface area contributed by atoms with Crippen molar-refractivity contribution < 1.29 is 13.9 Å². The summed E-state index contributed by atoms with van der Waals surface area (Å²) in [6.45, 7) is 0.303. The summed E-state index contributed by atoms with van der Waals surface area (Å²) in [6, 6.07) is 3.45. The van der Waals surface area contributed by atoms with Crippen LogP contribution in [0, 0.1) is 0 Å². The van der Waals surface area contributed by atoms with Crippen molar-refractivity contribution in [2.24, 2.45) is 5.73 Å². The van der Waals surface area contributed by atoms with Gasteiger partial charge in [0.1, 0.15) is 5.76 Å². The Kier molecular flexibility index (Phi) is 3.81. The molecule has 1 saturated carbocycles. The second kappa shape index (κ2) is 5.33. The molecule has 1 aliphatic rings. The molecule has 0 bridgehead atoms. The van der Waals surface area contributed by atoms with Gasteiger partial charge in [-0.25, -0.2) is 0 Å². The van der Waals surface area contributed by atoms with Crippen molar-refractivity contribution in [1.29, 1.82) is 0 Å². The van der Waals surface area contributed by atoms with Crippen molar-refractivity contribution in [2.45, 2.75) is 38.0 Å². The van der Waals surface area contributed by atoms with Crippen LogP contribution in [-0.4, -0.2) is 25.2 Å². The molecule has 0 radical (unpaired) electrons. The molecule has 1 fully saturated rings. The molecule has 0 aliphatic heterocycles. The highest BCUT2D eigenvalue weighted by Crippen LogP contribution is 2.22. The first-order chi connectivity index (χ1) is 8.24. The van der Waals surface area contributed by atoms with E-state index in [0.717, 1.165) is 19.3 Å². The molecule has 0 aromatic carbocycles. The minimum absolute atomic E-state index is 0.0823. The van der Waals surface area contributed by atoms with Gasteiger partial charge in [0.25, 0.3) is 5.91 Å². The van der Waals surface area contributed by atoms with Crippen LogP contribution in [0.5, 0.6) is 0 Å². The van der Waals surface area contributed by atoms with Gasteiger partial charge in [0.15, 0.2) is 5.76 Å². The van der Waals surface area contributed by atoms with Crippen LogP contribution in [0.15, 0.2) is 16.5 Å². The van der Waals surface area contributed by atoms with E-state index in [1.54, 1.807) is 19.2 Å². The number of carbonyl (C=O) groups is 1. The highest BCUT2D eigenvalue weighted by atomic mass is 16.5. The molecular formula is C12H18N2O3. The highest BCUT2D eigenvalue weighted by Gasteiger charge is 2.29. The first kappa shape index (κ1) is 12.1. The Labute approximate surface area is 100 Å². The largest absolute Gasteiger partial charge is 0.455 e. The number of rotatable bonds is 4. The van der Waals surface area contributed by atoms with Crippen LogP contribution in [0.1, 0.15) is 35.6 Å². The van der Waals surface area contributed by atoms with E-state index < -0.39 is 0 Å². The monoisotopic (exact) mass is 238 g/mol. The lowest BCUT2D eigenvalue weighted by Gasteiger charge is -2.18. The summed E-state index contributed by atoms with van der Waals surface area (Å²) < 4.78 is 10.6. The number of hydrogen-bond acceptors (Lipinski definition) is 4. The number of ether oxygens (including phenoxy) is 1. The zero-order valence-electron chi connectivity index (χ0n) is 9.94. The van der Waals surface area contributed by atoms with Gasteiger partial charge in [-0.2, -0.15) is 0 Å². The maximum atomic E-state index is 11.9. The summed E-state index contributed by atoms with van der Waals surface area (Å²) in [5, 5.41) is 2.94. The number of nitrogens with one attached hydrogen (secondary N) is 1. The second-order valence-corrected chi connectivity index (χ2v) is 4.26. The van der Waals surface area contributed by atoms with E-state index in [1.165, 1.54) is 0 Å². The fourth-order valence-electron chi connectivity index (χ4n) is 2.22. The van der Waals surface area contributed by atoms with Gasteiger partial charge in [-0.05, 0) is 31.4 Å². The zero-order valence-corrected chi connectivity index (χ0v) is 9.94. The van der Waals surface area contributed by atoms with Crippen LogP contribution in [0.2, 0.25) is 0 Å². The van der Waals surface area contributed by atoms with E-state index in [2.05, 4.69) is 5.32 Å². The molecule has 1 heterocycles. The third kappa shape index (κ3) is 2.68. The Morgan fingerprint density at radius 1 is 1.59 bits per heavy atom. The lowest BCUT2D eigenvalue weighted by atomic mass is 10.2. The molecule has 0 saturated heterocycles. The molecule has 5 heteroatoms. The first-order valence-electron chi connectivity index (χ1n) is 5.87. The highest BCUT2D eigenvalue weighted by molar-refractivity contribution is 5.91. The van der Waals surface area contributed by atoms with Gasteiger partial charge in [0, 0.05) is 7.11 Å². The van der Waals surface area contributed by atoms with Crippen molar-refractivity contribution in [3.63, 3.8) is 0 Å². The van der Waals surface area contributed by atoms with Gasteiger partial charge in [-0.3, -0.25) is 4.79 Å². The Balaban J connectivity index is 1.96. The average Bonchev–Trinajstić information content (AvgIpc) is 2.96. The third-order valence-corrected chi connectivity index (χ3v) is 3.16. The van der Waals surface area contributed by atoms with Crippen LogP contribution in [-0.2, 0) is 11.3 Å². The molecule has 17 heavy (non-hydrogen) atoms. The summed E-state index contributed by atoms with van der Waals surface area (Å²) in [5.41, 5.74) is 5.43. The first-order valence-corrected chi connectivity index (χ1v) is 5.87. The van der Waals surface area contributed by atoms with Gasteiger partial charge in [-0.1, -0.05) is 0 Å². The van der Waals surface area contributed by atoms with Gasteiger partial charge in [0.2, 0.25) is 0 Å². The lowest BCUT2D eigenvalue weighted by Crippen LogP contribution is -2.40. The van der Waals surface area contributed by atoms with E-state index in [1.807, 2.05) is 0 Å². The third-order valence-electron chi connectivity index (χ3n) is 3.16. The minimum atomic E-state index is -0.196. The van der Waals surface area contributed by atoms with Gasteiger partial charge < -0.3 is 20.2 Å². The summed E-state index contributed by atoms with van der Waals surface area (Å²) in [6.07, 6.45) is 3.14. The molecular weight excluding hydrogens is 220 g/mol. The fraction of sp³-hybridized carbons (Fsp3) is 0.583. The fourth-order valence-corrected chi connectivity index (χ4v) is 2.22. The Hall–Kier alpha value is -1.33. The molecule has 2 rings (SSSR count). The number of nitrogens with two attached hydrogens (primary N) is 1. The molecule has 1 amide bonds. The summed E-state index contributed by atoms with van der Waals surface area (Å²) >= 11 is 0. The average molecular weight is 238 g/mol. The molecule has 2 unspecified atom stereocenters. The van der Waals surface area contributed by atoms with E-state index >= 15 is 0 Å². The number of amides is 1. The molecule has 5 nitrogen and oxygen atoms in total. The maximum absolute atomic E-state index is 11.9. The number of methoxy groups -OCH3 is 1. The quantitative estimate of drug-likeness (QED) is 0.821.